The second-order valence-electron chi connectivity index (χ2n) is 8.64. The molecule has 4 heteroatoms. The third-order valence-electron chi connectivity index (χ3n) is 6.25. The fraction of sp³-hybridized carbons (Fsp3) is 0.895. The van der Waals surface area contributed by atoms with Crippen LogP contribution in [0.15, 0.2) is 9.98 Å². The van der Waals surface area contributed by atoms with E-state index in [0.717, 1.165) is 37.5 Å². The zero-order chi connectivity index (χ0) is 16.2. The number of aliphatic imine (C=N–C) groups is 2. The largest absolute Gasteiger partial charge is 0.472 e. The highest BCUT2D eigenvalue weighted by molar-refractivity contribution is 5.99. The van der Waals surface area contributed by atoms with Crippen LogP contribution in [0.25, 0.3) is 0 Å². The lowest BCUT2D eigenvalue weighted by atomic mass is 9.72. The first-order chi connectivity index (χ1) is 10.9. The first-order valence-electron chi connectivity index (χ1n) is 9.45. The molecule has 0 aromatic carbocycles. The molecule has 2 heterocycles. The molecule has 0 aromatic heterocycles. The zero-order valence-corrected chi connectivity index (χ0v) is 15.0. The average molecular weight is 318 g/mol. The van der Waals surface area contributed by atoms with Crippen LogP contribution in [0.5, 0.6) is 0 Å². The lowest BCUT2D eigenvalue weighted by Crippen LogP contribution is -2.49. The molecule has 2 aliphatic heterocycles. The lowest BCUT2D eigenvalue weighted by Gasteiger charge is -2.43. The summed E-state index contributed by atoms with van der Waals surface area (Å²) in [5.74, 6) is 2.78. The minimum absolute atomic E-state index is 0.00568. The Morgan fingerprint density at radius 2 is 1.22 bits per heavy atom. The summed E-state index contributed by atoms with van der Waals surface area (Å²) in [5, 5.41) is 0. The average Bonchev–Trinajstić information content (AvgIpc) is 2.97. The van der Waals surface area contributed by atoms with E-state index in [1.54, 1.807) is 0 Å². The Hall–Kier alpha value is -1.06. The van der Waals surface area contributed by atoms with Crippen molar-refractivity contribution in [3.8, 4) is 0 Å². The van der Waals surface area contributed by atoms with Gasteiger partial charge in [-0.25, -0.2) is 9.98 Å². The number of hydrogen-bond donors (Lipinski definition) is 0. The van der Waals surface area contributed by atoms with Crippen LogP contribution in [0.2, 0.25) is 0 Å². The Labute approximate surface area is 139 Å². The van der Waals surface area contributed by atoms with Gasteiger partial charge in [-0.3, -0.25) is 0 Å². The predicted molar refractivity (Wildman–Crippen MR) is 92.1 cm³/mol. The van der Waals surface area contributed by atoms with Crippen LogP contribution in [0.4, 0.5) is 0 Å². The van der Waals surface area contributed by atoms with Gasteiger partial charge in [0.25, 0.3) is 0 Å². The quantitative estimate of drug-likeness (QED) is 0.782. The van der Waals surface area contributed by atoms with Crippen molar-refractivity contribution in [1.82, 2.24) is 0 Å². The highest BCUT2D eigenvalue weighted by Crippen LogP contribution is 2.48. The van der Waals surface area contributed by atoms with Crippen LogP contribution in [0.1, 0.15) is 72.6 Å². The molecular weight excluding hydrogens is 288 g/mol. The standard InChI is InChI=1S/C19H30N2O2/c1-12(2)16-18(7-5-8-18)22-14(20-16)11-15-21-17(13(3)4)19(23-15)9-6-10-19/h12-13,16-17H,5-11H2,1-4H3/t16-,17-/m0/s1. The van der Waals surface area contributed by atoms with Crippen LogP contribution < -0.4 is 0 Å². The lowest BCUT2D eigenvalue weighted by molar-refractivity contribution is -0.0355. The number of nitrogens with zero attached hydrogens (tertiary/aromatic N) is 2. The maximum absolute atomic E-state index is 6.33. The van der Waals surface area contributed by atoms with E-state index in [-0.39, 0.29) is 11.2 Å². The second kappa shape index (κ2) is 5.22. The summed E-state index contributed by atoms with van der Waals surface area (Å²) in [5.41, 5.74) is -0.0114. The van der Waals surface area contributed by atoms with Gasteiger partial charge in [-0.2, -0.15) is 0 Å². The van der Waals surface area contributed by atoms with Crippen molar-refractivity contribution in [2.45, 2.75) is 95.9 Å². The smallest absolute Gasteiger partial charge is 0.193 e. The van der Waals surface area contributed by atoms with Gasteiger partial charge >= 0.3 is 0 Å². The zero-order valence-electron chi connectivity index (χ0n) is 15.0. The number of hydrogen-bond acceptors (Lipinski definition) is 4. The first kappa shape index (κ1) is 15.5. The Bertz CT molecular complexity index is 494. The van der Waals surface area contributed by atoms with E-state index in [0.29, 0.717) is 30.3 Å². The van der Waals surface area contributed by atoms with Crippen LogP contribution in [0, 0.1) is 11.8 Å². The van der Waals surface area contributed by atoms with Crippen molar-refractivity contribution in [1.29, 1.82) is 0 Å². The fourth-order valence-electron chi connectivity index (χ4n) is 4.84. The topological polar surface area (TPSA) is 43.2 Å². The summed E-state index contributed by atoms with van der Waals surface area (Å²) in [6.45, 7) is 9.01. The monoisotopic (exact) mass is 318 g/mol. The van der Waals surface area contributed by atoms with E-state index in [9.17, 15) is 0 Å². The molecule has 0 radical (unpaired) electrons. The van der Waals surface area contributed by atoms with Gasteiger partial charge in [-0.05, 0) is 50.4 Å². The van der Waals surface area contributed by atoms with Gasteiger partial charge in [0.2, 0.25) is 0 Å². The van der Waals surface area contributed by atoms with Gasteiger partial charge < -0.3 is 9.47 Å². The van der Waals surface area contributed by atoms with Gasteiger partial charge in [-0.1, -0.05) is 27.7 Å². The molecule has 4 nitrogen and oxygen atoms in total. The minimum Gasteiger partial charge on any atom is -0.472 e. The molecule has 0 unspecified atom stereocenters. The Morgan fingerprint density at radius 3 is 1.43 bits per heavy atom. The molecule has 2 fully saturated rings. The molecule has 0 N–H and O–H groups in total. The first-order valence-corrected chi connectivity index (χ1v) is 9.45. The SMILES string of the molecule is CC(C)[C@@H]1N=C(CC2=N[C@@H](C(C)C)C3(CCC3)O2)OC12CCC2. The van der Waals surface area contributed by atoms with Crippen molar-refractivity contribution >= 4 is 11.8 Å². The van der Waals surface area contributed by atoms with Gasteiger partial charge in [0.15, 0.2) is 11.8 Å². The van der Waals surface area contributed by atoms with Crippen LogP contribution >= 0.6 is 0 Å². The van der Waals surface area contributed by atoms with E-state index < -0.39 is 0 Å². The molecule has 0 amide bonds. The Balaban J connectivity index is 1.48. The van der Waals surface area contributed by atoms with Gasteiger partial charge in [0.1, 0.15) is 11.2 Å². The molecule has 128 valence electrons. The fourth-order valence-corrected chi connectivity index (χ4v) is 4.84. The van der Waals surface area contributed by atoms with E-state index in [1.165, 1.54) is 12.8 Å². The van der Waals surface area contributed by atoms with E-state index in [2.05, 4.69) is 27.7 Å². The number of ether oxygens (including phenoxy) is 2. The van der Waals surface area contributed by atoms with Gasteiger partial charge in [0, 0.05) is 0 Å². The Kier molecular flexibility index (Phi) is 3.51. The number of rotatable bonds is 4. The molecule has 0 aromatic rings. The summed E-state index contributed by atoms with van der Waals surface area (Å²) >= 11 is 0. The normalized spacial score (nSPS) is 33.3. The Morgan fingerprint density at radius 1 is 0.826 bits per heavy atom. The predicted octanol–water partition coefficient (Wildman–Crippen LogP) is 4.13. The highest BCUT2D eigenvalue weighted by Gasteiger charge is 2.54. The molecule has 2 aliphatic carbocycles. The molecule has 4 aliphatic rings. The van der Waals surface area contributed by atoms with Gasteiger partial charge in [-0.15, -0.1) is 0 Å². The highest BCUT2D eigenvalue weighted by atomic mass is 16.5. The summed E-state index contributed by atoms with van der Waals surface area (Å²) in [6.07, 6.45) is 7.77. The van der Waals surface area contributed by atoms with Crippen LogP contribution in [-0.4, -0.2) is 35.1 Å². The summed E-state index contributed by atoms with van der Waals surface area (Å²) in [7, 11) is 0. The van der Waals surface area contributed by atoms with Crippen molar-refractivity contribution in [2.24, 2.45) is 21.8 Å². The summed E-state index contributed by atoms with van der Waals surface area (Å²) in [6, 6.07) is 0.624. The van der Waals surface area contributed by atoms with Crippen molar-refractivity contribution in [3.05, 3.63) is 0 Å². The summed E-state index contributed by atoms with van der Waals surface area (Å²) < 4.78 is 12.7. The molecule has 0 saturated heterocycles. The van der Waals surface area contributed by atoms with E-state index >= 15 is 0 Å². The van der Waals surface area contributed by atoms with Crippen molar-refractivity contribution in [3.63, 3.8) is 0 Å². The molecule has 2 saturated carbocycles. The van der Waals surface area contributed by atoms with Crippen molar-refractivity contribution in [2.75, 3.05) is 0 Å². The molecule has 2 atom stereocenters. The third kappa shape index (κ3) is 2.32. The maximum atomic E-state index is 6.33. The molecule has 0 bridgehead atoms. The molecule has 2 spiro atoms. The second-order valence-corrected chi connectivity index (χ2v) is 8.64. The third-order valence-corrected chi connectivity index (χ3v) is 6.25. The molecular formula is C19H30N2O2. The van der Waals surface area contributed by atoms with E-state index in [4.69, 9.17) is 19.5 Å². The van der Waals surface area contributed by atoms with E-state index in [1.807, 2.05) is 0 Å². The van der Waals surface area contributed by atoms with Crippen molar-refractivity contribution < 1.29 is 9.47 Å². The van der Waals surface area contributed by atoms with Crippen LogP contribution in [-0.2, 0) is 9.47 Å². The minimum atomic E-state index is -0.00568. The summed E-state index contributed by atoms with van der Waals surface area (Å²) in [4.78, 5) is 9.84. The van der Waals surface area contributed by atoms with Gasteiger partial charge in [0.05, 0.1) is 18.5 Å². The molecule has 23 heavy (non-hydrogen) atoms. The molecule has 4 rings (SSSR count). The maximum Gasteiger partial charge on any atom is 0.193 e. The van der Waals surface area contributed by atoms with Crippen LogP contribution in [0.3, 0.4) is 0 Å².